The summed E-state index contributed by atoms with van der Waals surface area (Å²) in [5, 5.41) is 3.14. The van der Waals surface area contributed by atoms with Crippen molar-refractivity contribution in [3.05, 3.63) is 89.2 Å². The molecule has 0 radical (unpaired) electrons. The average molecular weight is 526 g/mol. The predicted octanol–water partition coefficient (Wildman–Crippen LogP) is 5.84. The van der Waals surface area contributed by atoms with Gasteiger partial charge in [-0.3, -0.25) is 9.88 Å². The maximum absolute atomic E-state index is 13.2. The lowest BCUT2D eigenvalue weighted by Crippen LogP contribution is -2.49. The molecule has 5 rings (SSSR count). The van der Waals surface area contributed by atoms with Gasteiger partial charge in [0.25, 0.3) is 0 Å². The van der Waals surface area contributed by atoms with Crippen LogP contribution < -0.4 is 5.32 Å². The molecule has 2 heterocycles. The molecule has 2 aliphatic rings. The highest BCUT2D eigenvalue weighted by atomic mass is 35.5. The van der Waals surface area contributed by atoms with Gasteiger partial charge < -0.3 is 10.1 Å². The molecule has 186 valence electrons. The molecule has 1 fully saturated rings. The summed E-state index contributed by atoms with van der Waals surface area (Å²) in [4.78, 5) is 18.3. The highest BCUT2D eigenvalue weighted by molar-refractivity contribution is 5.85. The Balaban J connectivity index is 0.00000171. The van der Waals surface area contributed by atoms with Crippen LogP contribution in [0.1, 0.15) is 34.2 Å². The van der Waals surface area contributed by atoms with E-state index in [2.05, 4.69) is 22.4 Å². The Morgan fingerprint density at radius 3 is 2.29 bits per heavy atom. The third kappa shape index (κ3) is 5.24. The van der Waals surface area contributed by atoms with Crippen LogP contribution in [-0.2, 0) is 10.9 Å². The van der Waals surface area contributed by atoms with Crippen LogP contribution in [0.2, 0.25) is 0 Å². The van der Waals surface area contributed by atoms with Crippen LogP contribution in [-0.4, -0.2) is 42.2 Å². The molecule has 5 nitrogen and oxygen atoms in total. The number of piperazine rings is 1. The summed E-state index contributed by atoms with van der Waals surface area (Å²) in [6, 6.07) is 16.5. The van der Waals surface area contributed by atoms with Gasteiger partial charge in [0.1, 0.15) is 6.61 Å². The first-order chi connectivity index (χ1) is 15.9. The van der Waals surface area contributed by atoms with Crippen LogP contribution in [0.3, 0.4) is 0 Å². The monoisotopic (exact) mass is 525 g/mol. The third-order valence-electron chi connectivity index (χ3n) is 6.29. The number of nitrogens with zero attached hydrogens (tertiary/aromatic N) is 2. The van der Waals surface area contributed by atoms with Crippen molar-refractivity contribution in [2.45, 2.75) is 18.1 Å². The van der Waals surface area contributed by atoms with E-state index in [1.54, 1.807) is 0 Å². The molecule has 1 amide bonds. The number of aromatic nitrogens is 1. The third-order valence-corrected chi connectivity index (χ3v) is 6.29. The van der Waals surface area contributed by atoms with E-state index in [1.807, 2.05) is 36.4 Å². The Bertz CT molecular complexity index is 1150. The number of benzene rings is 2. The number of rotatable bonds is 3. The smallest absolute Gasteiger partial charge is 0.417 e. The fourth-order valence-electron chi connectivity index (χ4n) is 4.69. The van der Waals surface area contributed by atoms with Gasteiger partial charge in [-0.15, -0.1) is 24.8 Å². The quantitative estimate of drug-likeness (QED) is 0.466. The first-order valence-corrected chi connectivity index (χ1v) is 10.8. The lowest BCUT2D eigenvalue weighted by atomic mass is 9.98. The van der Waals surface area contributed by atoms with Gasteiger partial charge in [0.05, 0.1) is 11.6 Å². The summed E-state index contributed by atoms with van der Waals surface area (Å²) < 4.78 is 45.2. The van der Waals surface area contributed by atoms with E-state index in [9.17, 15) is 18.0 Å². The summed E-state index contributed by atoms with van der Waals surface area (Å²) >= 11 is 0. The molecule has 0 spiro atoms. The highest BCUT2D eigenvalue weighted by Crippen LogP contribution is 2.44. The molecule has 1 aromatic heterocycles. The van der Waals surface area contributed by atoms with Gasteiger partial charge in [0, 0.05) is 37.9 Å². The number of halogens is 5. The van der Waals surface area contributed by atoms with Gasteiger partial charge in [-0.05, 0) is 33.9 Å². The summed E-state index contributed by atoms with van der Waals surface area (Å²) in [5.41, 5.74) is 3.95. The minimum absolute atomic E-state index is 0. The molecule has 1 aliphatic carbocycles. The van der Waals surface area contributed by atoms with Gasteiger partial charge in [0.2, 0.25) is 0 Å². The van der Waals surface area contributed by atoms with Crippen LogP contribution in [0.4, 0.5) is 18.0 Å². The zero-order chi connectivity index (χ0) is 23.0. The number of carbonyl (C=O) groups excluding carboxylic acids is 1. The molecular formula is C25H24Cl2F3N3O2. The predicted molar refractivity (Wildman–Crippen MR) is 131 cm³/mol. The maximum atomic E-state index is 13.2. The number of hydrogen-bond donors (Lipinski definition) is 1. The standard InChI is InChI=1S/C25H22F3N3O2.2ClH/c26-25(27,28)17-11-16(12-30-13-17)23-14-29-9-10-31(23)24(32)33-15-22-20-7-3-1-5-18(20)19-6-2-4-8-21(19)22;;/h1-8,11-13,22-23,29H,9-10,14-15H2;2*1H. The Hall–Kier alpha value is -2.81. The number of amides is 1. The number of pyridine rings is 1. The summed E-state index contributed by atoms with van der Waals surface area (Å²) in [5.74, 6) is -0.0852. The molecule has 35 heavy (non-hydrogen) atoms. The number of alkyl halides is 3. The molecule has 1 N–H and O–H groups in total. The van der Waals surface area contributed by atoms with Gasteiger partial charge in [-0.1, -0.05) is 48.5 Å². The Labute approximate surface area is 213 Å². The van der Waals surface area contributed by atoms with Crippen molar-refractivity contribution in [3.63, 3.8) is 0 Å². The molecule has 3 aromatic rings. The molecule has 1 atom stereocenters. The van der Waals surface area contributed by atoms with Crippen LogP contribution >= 0.6 is 24.8 Å². The average Bonchev–Trinajstić information content (AvgIpc) is 3.16. The minimum Gasteiger partial charge on any atom is -0.448 e. The number of carbonyl (C=O) groups is 1. The number of ether oxygens (including phenoxy) is 1. The zero-order valence-corrected chi connectivity index (χ0v) is 20.1. The maximum Gasteiger partial charge on any atom is 0.417 e. The summed E-state index contributed by atoms with van der Waals surface area (Å²) in [7, 11) is 0. The Morgan fingerprint density at radius 2 is 1.66 bits per heavy atom. The van der Waals surface area contributed by atoms with E-state index in [0.29, 0.717) is 25.2 Å². The number of hydrogen-bond acceptors (Lipinski definition) is 4. The van der Waals surface area contributed by atoms with Crippen LogP contribution in [0.15, 0.2) is 67.0 Å². The fourth-order valence-corrected chi connectivity index (χ4v) is 4.69. The normalized spacial score (nSPS) is 17.0. The van der Waals surface area contributed by atoms with E-state index < -0.39 is 23.9 Å². The van der Waals surface area contributed by atoms with Crippen molar-refractivity contribution < 1.29 is 22.7 Å². The van der Waals surface area contributed by atoms with E-state index in [4.69, 9.17) is 4.74 Å². The van der Waals surface area contributed by atoms with Crippen molar-refractivity contribution in [1.82, 2.24) is 15.2 Å². The first-order valence-electron chi connectivity index (χ1n) is 10.8. The molecular weight excluding hydrogens is 502 g/mol. The van der Waals surface area contributed by atoms with E-state index >= 15 is 0 Å². The zero-order valence-electron chi connectivity index (χ0n) is 18.5. The van der Waals surface area contributed by atoms with Crippen molar-refractivity contribution >= 4 is 30.9 Å². The molecule has 10 heteroatoms. The van der Waals surface area contributed by atoms with E-state index in [1.165, 1.54) is 11.1 Å². The molecule has 0 bridgehead atoms. The van der Waals surface area contributed by atoms with Crippen molar-refractivity contribution in [2.75, 3.05) is 26.2 Å². The first kappa shape index (κ1) is 26.8. The van der Waals surface area contributed by atoms with Crippen LogP contribution in [0, 0.1) is 0 Å². The topological polar surface area (TPSA) is 54.5 Å². The fraction of sp³-hybridized carbons (Fsp3) is 0.280. The second kappa shape index (κ2) is 10.8. The van der Waals surface area contributed by atoms with Crippen LogP contribution in [0.25, 0.3) is 11.1 Å². The molecule has 1 saturated heterocycles. The van der Waals surface area contributed by atoms with Gasteiger partial charge in [0.15, 0.2) is 0 Å². The minimum atomic E-state index is -4.50. The van der Waals surface area contributed by atoms with Crippen molar-refractivity contribution in [1.29, 1.82) is 0 Å². The summed E-state index contributed by atoms with van der Waals surface area (Å²) in [6.07, 6.45) is -2.88. The highest BCUT2D eigenvalue weighted by Gasteiger charge is 2.35. The Kier molecular flexibility index (Phi) is 8.30. The SMILES string of the molecule is Cl.Cl.O=C(OCC1c2ccccc2-c2ccccc21)N1CCNCC1c1cncc(C(F)(F)F)c1. The number of fused-ring (bicyclic) bond motifs is 3. The lowest BCUT2D eigenvalue weighted by molar-refractivity contribution is -0.137. The number of nitrogens with one attached hydrogen (secondary N) is 1. The molecule has 1 aliphatic heterocycles. The Morgan fingerprint density at radius 1 is 1.03 bits per heavy atom. The van der Waals surface area contributed by atoms with Crippen molar-refractivity contribution in [2.24, 2.45) is 0 Å². The van der Waals surface area contributed by atoms with E-state index in [-0.39, 0.29) is 37.3 Å². The van der Waals surface area contributed by atoms with Gasteiger partial charge >= 0.3 is 12.3 Å². The molecule has 2 aromatic carbocycles. The second-order valence-corrected chi connectivity index (χ2v) is 8.22. The molecule has 0 saturated carbocycles. The van der Waals surface area contributed by atoms with Crippen molar-refractivity contribution in [3.8, 4) is 11.1 Å². The van der Waals surface area contributed by atoms with E-state index in [0.717, 1.165) is 34.5 Å². The lowest BCUT2D eigenvalue weighted by Gasteiger charge is -2.36. The molecule has 1 unspecified atom stereocenters. The second-order valence-electron chi connectivity index (χ2n) is 8.22. The summed E-state index contributed by atoms with van der Waals surface area (Å²) in [6.45, 7) is 1.35. The largest absolute Gasteiger partial charge is 0.448 e. The van der Waals surface area contributed by atoms with Gasteiger partial charge in [-0.25, -0.2) is 4.79 Å². The van der Waals surface area contributed by atoms with Gasteiger partial charge in [-0.2, -0.15) is 13.2 Å². The van der Waals surface area contributed by atoms with Crippen LogP contribution in [0.5, 0.6) is 0 Å².